The van der Waals surface area contributed by atoms with Crippen molar-refractivity contribution in [3.8, 4) is 0 Å². The topological polar surface area (TPSA) is 32.6 Å². The van der Waals surface area contributed by atoms with E-state index < -0.39 is 13.0 Å². The van der Waals surface area contributed by atoms with E-state index in [1.807, 2.05) is 48.8 Å². The van der Waals surface area contributed by atoms with Gasteiger partial charge in [-0.15, -0.1) is 24.0 Å². The molecule has 0 bridgehead atoms. The third kappa shape index (κ3) is 6.22. The number of alkyl halides is 2. The molecular formula is C12H21F2IN4. The molecule has 1 aromatic rings. The van der Waals surface area contributed by atoms with E-state index in [4.69, 9.17) is 0 Å². The van der Waals surface area contributed by atoms with Crippen LogP contribution in [0.4, 0.5) is 8.78 Å². The highest BCUT2D eigenvalue weighted by molar-refractivity contribution is 14.0. The van der Waals surface area contributed by atoms with E-state index in [-0.39, 0.29) is 24.0 Å². The number of aromatic nitrogens is 1. The Bertz CT molecular complexity index is 393. The molecule has 0 radical (unpaired) electrons. The number of guanidine groups is 1. The summed E-state index contributed by atoms with van der Waals surface area (Å²) in [5.41, 5.74) is 1.10. The van der Waals surface area contributed by atoms with Gasteiger partial charge in [-0.25, -0.2) is 13.8 Å². The quantitative estimate of drug-likeness (QED) is 0.479. The highest BCUT2D eigenvalue weighted by Gasteiger charge is 2.09. The number of hydrogen-bond acceptors (Lipinski definition) is 1. The van der Waals surface area contributed by atoms with E-state index in [1.54, 1.807) is 0 Å². The molecule has 0 amide bonds. The Morgan fingerprint density at radius 2 is 2.21 bits per heavy atom. The van der Waals surface area contributed by atoms with Gasteiger partial charge < -0.3 is 14.8 Å². The van der Waals surface area contributed by atoms with Gasteiger partial charge in [0, 0.05) is 32.5 Å². The summed E-state index contributed by atoms with van der Waals surface area (Å²) >= 11 is 0. The van der Waals surface area contributed by atoms with E-state index in [0.29, 0.717) is 19.0 Å². The molecule has 110 valence electrons. The van der Waals surface area contributed by atoms with E-state index in [0.717, 1.165) is 5.69 Å². The number of hydrogen-bond donors (Lipinski definition) is 1. The molecule has 1 rings (SSSR count). The van der Waals surface area contributed by atoms with Crippen molar-refractivity contribution in [2.75, 3.05) is 20.1 Å². The number of halogens is 3. The molecule has 19 heavy (non-hydrogen) atoms. The summed E-state index contributed by atoms with van der Waals surface area (Å²) in [6.07, 6.45) is -0.464. The lowest BCUT2D eigenvalue weighted by atomic mass is 10.4. The Labute approximate surface area is 129 Å². The van der Waals surface area contributed by atoms with Crippen LogP contribution in [0.3, 0.4) is 0 Å². The van der Waals surface area contributed by atoms with Crippen molar-refractivity contribution < 1.29 is 8.78 Å². The maximum atomic E-state index is 12.2. The molecule has 1 N–H and O–H groups in total. The first-order valence-corrected chi connectivity index (χ1v) is 5.92. The molecule has 0 saturated heterocycles. The van der Waals surface area contributed by atoms with Crippen LogP contribution in [0.1, 0.15) is 12.6 Å². The summed E-state index contributed by atoms with van der Waals surface area (Å²) in [6, 6.07) is 3.94. The molecule has 7 heteroatoms. The molecule has 0 aliphatic heterocycles. The van der Waals surface area contributed by atoms with Gasteiger partial charge in [-0.3, -0.25) is 0 Å². The van der Waals surface area contributed by atoms with Crippen molar-refractivity contribution in [1.82, 2.24) is 14.8 Å². The molecule has 0 spiro atoms. The van der Waals surface area contributed by atoms with Crippen molar-refractivity contribution in [2.45, 2.75) is 19.9 Å². The molecule has 0 aliphatic carbocycles. The van der Waals surface area contributed by atoms with E-state index in [1.165, 1.54) is 0 Å². The summed E-state index contributed by atoms with van der Waals surface area (Å²) in [7, 11) is 3.78. The number of aliphatic imine (C=N–C) groups is 1. The molecular weight excluding hydrogens is 365 g/mol. The van der Waals surface area contributed by atoms with Crippen LogP contribution < -0.4 is 5.32 Å². The van der Waals surface area contributed by atoms with Gasteiger partial charge in [0.25, 0.3) is 6.43 Å². The zero-order valence-corrected chi connectivity index (χ0v) is 13.8. The van der Waals surface area contributed by atoms with Gasteiger partial charge >= 0.3 is 0 Å². The van der Waals surface area contributed by atoms with Crippen molar-refractivity contribution in [1.29, 1.82) is 0 Å². The van der Waals surface area contributed by atoms with Gasteiger partial charge in [-0.1, -0.05) is 0 Å². The average Bonchev–Trinajstić information content (AvgIpc) is 2.70. The fourth-order valence-corrected chi connectivity index (χ4v) is 1.60. The maximum absolute atomic E-state index is 12.2. The second-order valence-electron chi connectivity index (χ2n) is 4.05. The Morgan fingerprint density at radius 3 is 2.68 bits per heavy atom. The maximum Gasteiger partial charge on any atom is 0.257 e. The third-order valence-corrected chi connectivity index (χ3v) is 2.53. The van der Waals surface area contributed by atoms with E-state index >= 15 is 0 Å². The van der Waals surface area contributed by atoms with Crippen LogP contribution in [-0.4, -0.2) is 42.0 Å². The fourth-order valence-electron chi connectivity index (χ4n) is 1.60. The second kappa shape index (κ2) is 9.11. The summed E-state index contributed by atoms with van der Waals surface area (Å²) < 4.78 is 26.4. The van der Waals surface area contributed by atoms with Crippen LogP contribution in [-0.2, 0) is 13.6 Å². The van der Waals surface area contributed by atoms with Crippen LogP contribution in [0.5, 0.6) is 0 Å². The Balaban J connectivity index is 0.00000324. The van der Waals surface area contributed by atoms with Crippen molar-refractivity contribution in [3.63, 3.8) is 0 Å². The molecule has 0 saturated carbocycles. The molecule has 1 aromatic heterocycles. The Morgan fingerprint density at radius 1 is 1.53 bits per heavy atom. The third-order valence-electron chi connectivity index (χ3n) is 2.53. The standard InChI is InChI=1S/C12H20F2N4.HI/c1-4-15-12(16-8-11(13)14)18(3)9-10-6-5-7-17(10)2;/h5-7,11H,4,8-9H2,1-3H3,(H,15,16);1H. The minimum Gasteiger partial charge on any atom is -0.357 e. The van der Waals surface area contributed by atoms with Crippen LogP contribution in [0.15, 0.2) is 23.3 Å². The van der Waals surface area contributed by atoms with Crippen LogP contribution >= 0.6 is 24.0 Å². The summed E-state index contributed by atoms with van der Waals surface area (Å²) in [4.78, 5) is 5.73. The Kier molecular flexibility index (Phi) is 8.70. The molecule has 0 atom stereocenters. The predicted molar refractivity (Wildman–Crippen MR) is 84.3 cm³/mol. The van der Waals surface area contributed by atoms with Crippen molar-refractivity contribution in [2.24, 2.45) is 12.0 Å². The van der Waals surface area contributed by atoms with Gasteiger partial charge in [0.15, 0.2) is 5.96 Å². The number of aryl methyl sites for hydroxylation is 1. The summed E-state index contributed by atoms with van der Waals surface area (Å²) in [6.45, 7) is 2.71. The van der Waals surface area contributed by atoms with Gasteiger partial charge in [-0.2, -0.15) is 0 Å². The Hall–Kier alpha value is -0.860. The lowest BCUT2D eigenvalue weighted by Crippen LogP contribution is -2.39. The molecule has 0 aliphatic rings. The minimum atomic E-state index is -2.41. The lowest BCUT2D eigenvalue weighted by molar-refractivity contribution is 0.158. The first kappa shape index (κ1) is 18.1. The van der Waals surface area contributed by atoms with Gasteiger partial charge in [0.1, 0.15) is 6.54 Å². The highest BCUT2D eigenvalue weighted by Crippen LogP contribution is 2.04. The van der Waals surface area contributed by atoms with Crippen molar-refractivity contribution in [3.05, 3.63) is 24.0 Å². The molecule has 1 heterocycles. The first-order chi connectivity index (χ1) is 8.54. The highest BCUT2D eigenvalue weighted by atomic mass is 127. The van der Waals surface area contributed by atoms with E-state index in [2.05, 4.69) is 10.3 Å². The zero-order chi connectivity index (χ0) is 13.5. The van der Waals surface area contributed by atoms with Crippen molar-refractivity contribution >= 4 is 29.9 Å². The van der Waals surface area contributed by atoms with Crippen LogP contribution in [0.2, 0.25) is 0 Å². The van der Waals surface area contributed by atoms with Gasteiger partial charge in [0.2, 0.25) is 0 Å². The SMILES string of the molecule is CCNC(=NCC(F)F)N(C)Cc1cccn1C.I. The van der Waals surface area contributed by atoms with Gasteiger partial charge in [0.05, 0.1) is 6.54 Å². The van der Waals surface area contributed by atoms with Crippen LogP contribution in [0.25, 0.3) is 0 Å². The molecule has 4 nitrogen and oxygen atoms in total. The molecule has 0 unspecified atom stereocenters. The smallest absolute Gasteiger partial charge is 0.257 e. The summed E-state index contributed by atoms with van der Waals surface area (Å²) in [5, 5.41) is 3.00. The lowest BCUT2D eigenvalue weighted by Gasteiger charge is -2.22. The van der Waals surface area contributed by atoms with Crippen LogP contribution in [0, 0.1) is 0 Å². The number of rotatable bonds is 5. The number of nitrogens with zero attached hydrogens (tertiary/aromatic N) is 3. The normalized spacial score (nSPS) is 11.4. The predicted octanol–water partition coefficient (Wildman–Crippen LogP) is 2.31. The number of nitrogens with one attached hydrogen (secondary N) is 1. The fraction of sp³-hybridized carbons (Fsp3) is 0.583. The molecule has 0 aromatic carbocycles. The average molecular weight is 386 g/mol. The van der Waals surface area contributed by atoms with E-state index in [9.17, 15) is 8.78 Å². The summed E-state index contributed by atoms with van der Waals surface area (Å²) in [5.74, 6) is 0.499. The largest absolute Gasteiger partial charge is 0.357 e. The zero-order valence-electron chi connectivity index (χ0n) is 11.4. The first-order valence-electron chi connectivity index (χ1n) is 5.92. The minimum absolute atomic E-state index is 0. The van der Waals surface area contributed by atoms with Gasteiger partial charge in [-0.05, 0) is 19.1 Å². The monoisotopic (exact) mass is 386 g/mol. The molecule has 0 fully saturated rings. The second-order valence-corrected chi connectivity index (χ2v) is 4.05.